The van der Waals surface area contributed by atoms with Crippen molar-refractivity contribution in [2.24, 2.45) is 11.3 Å². The zero-order valence-electron chi connectivity index (χ0n) is 8.65. The summed E-state index contributed by atoms with van der Waals surface area (Å²) in [4.78, 5) is 2.09. The van der Waals surface area contributed by atoms with E-state index in [-0.39, 0.29) is 5.41 Å². The van der Waals surface area contributed by atoms with Crippen LogP contribution in [-0.2, 0) is 0 Å². The van der Waals surface area contributed by atoms with Gasteiger partial charge < -0.3 is 4.90 Å². The van der Waals surface area contributed by atoms with Gasteiger partial charge in [-0.15, -0.1) is 0 Å². The first-order valence-electron chi connectivity index (χ1n) is 4.71. The molecule has 0 amide bonds. The smallest absolute Gasteiger partial charge is 0.101 e. The lowest BCUT2D eigenvalue weighted by Crippen LogP contribution is -2.37. The molecule has 1 saturated carbocycles. The maximum Gasteiger partial charge on any atom is 0.101 e. The monoisotopic (exact) mass is 168 g/mol. The van der Waals surface area contributed by atoms with E-state index in [1.54, 1.807) is 0 Å². The normalized spacial score (nSPS) is 17.7. The van der Waals surface area contributed by atoms with Crippen molar-refractivity contribution in [3.63, 3.8) is 0 Å². The van der Waals surface area contributed by atoms with Crippen molar-refractivity contribution in [1.82, 2.24) is 4.90 Å². The van der Waals surface area contributed by atoms with Crippen molar-refractivity contribution in [1.29, 1.82) is 5.41 Å². The van der Waals surface area contributed by atoms with Crippen LogP contribution in [0.1, 0.15) is 33.6 Å². The van der Waals surface area contributed by atoms with Crippen LogP contribution < -0.4 is 0 Å². The van der Waals surface area contributed by atoms with E-state index in [0.717, 1.165) is 18.3 Å². The molecule has 0 aliphatic heterocycles. The molecule has 12 heavy (non-hydrogen) atoms. The molecule has 1 aliphatic carbocycles. The predicted octanol–water partition coefficient (Wildman–Crippen LogP) is 2.35. The molecule has 1 N–H and O–H groups in total. The van der Waals surface area contributed by atoms with E-state index in [0.29, 0.717) is 0 Å². The van der Waals surface area contributed by atoms with Crippen molar-refractivity contribution in [3.05, 3.63) is 0 Å². The van der Waals surface area contributed by atoms with Crippen LogP contribution in [0.3, 0.4) is 0 Å². The Labute approximate surface area is 75.5 Å². The van der Waals surface area contributed by atoms with Gasteiger partial charge in [0.25, 0.3) is 0 Å². The zero-order valence-corrected chi connectivity index (χ0v) is 8.65. The molecular weight excluding hydrogens is 148 g/mol. The van der Waals surface area contributed by atoms with E-state index in [1.165, 1.54) is 12.8 Å². The Morgan fingerprint density at radius 2 is 1.92 bits per heavy atom. The lowest BCUT2D eigenvalue weighted by molar-refractivity contribution is 0.407. The third-order valence-corrected chi connectivity index (χ3v) is 2.32. The summed E-state index contributed by atoms with van der Waals surface area (Å²) in [6.45, 7) is 7.37. The molecule has 0 aromatic rings. The van der Waals surface area contributed by atoms with Crippen LogP contribution in [0.25, 0.3) is 0 Å². The number of hydrogen-bond acceptors (Lipinski definition) is 1. The fraction of sp³-hybridized carbons (Fsp3) is 0.900. The van der Waals surface area contributed by atoms with Crippen LogP contribution in [0.4, 0.5) is 0 Å². The lowest BCUT2D eigenvalue weighted by Gasteiger charge is -2.29. The Kier molecular flexibility index (Phi) is 2.45. The highest BCUT2D eigenvalue weighted by Crippen LogP contribution is 2.30. The first-order chi connectivity index (χ1) is 5.41. The van der Waals surface area contributed by atoms with Gasteiger partial charge in [-0.05, 0) is 18.8 Å². The number of nitrogens with zero attached hydrogens (tertiary/aromatic N) is 1. The van der Waals surface area contributed by atoms with Gasteiger partial charge in [-0.2, -0.15) is 0 Å². The minimum atomic E-state index is 0.00361. The van der Waals surface area contributed by atoms with Gasteiger partial charge in [-0.25, -0.2) is 0 Å². The Morgan fingerprint density at radius 3 is 2.25 bits per heavy atom. The average Bonchev–Trinajstić information content (AvgIpc) is 2.68. The molecule has 0 aromatic heterocycles. The van der Waals surface area contributed by atoms with Crippen molar-refractivity contribution in [2.75, 3.05) is 13.6 Å². The molecule has 0 radical (unpaired) electrons. The molecule has 2 nitrogen and oxygen atoms in total. The van der Waals surface area contributed by atoms with Gasteiger partial charge >= 0.3 is 0 Å². The van der Waals surface area contributed by atoms with Gasteiger partial charge in [0.2, 0.25) is 0 Å². The van der Waals surface area contributed by atoms with Gasteiger partial charge in [0.15, 0.2) is 0 Å². The van der Waals surface area contributed by atoms with E-state index in [1.807, 2.05) is 7.05 Å². The van der Waals surface area contributed by atoms with Crippen LogP contribution in [0, 0.1) is 16.7 Å². The molecule has 1 fully saturated rings. The standard InChI is InChI=1S/C10H20N2/c1-10(2,3)9(11)12(4)7-8-5-6-8/h8,11H,5-7H2,1-4H3. The van der Waals surface area contributed by atoms with Crippen LogP contribution >= 0.6 is 0 Å². The molecule has 70 valence electrons. The van der Waals surface area contributed by atoms with E-state index in [4.69, 9.17) is 5.41 Å². The second-order valence-corrected chi connectivity index (χ2v) is 4.92. The Hall–Kier alpha value is -0.530. The Balaban J connectivity index is 2.39. The van der Waals surface area contributed by atoms with E-state index < -0.39 is 0 Å². The summed E-state index contributed by atoms with van der Waals surface area (Å²) in [5, 5.41) is 7.89. The highest BCUT2D eigenvalue weighted by atomic mass is 15.1. The minimum absolute atomic E-state index is 0.00361. The summed E-state index contributed by atoms with van der Waals surface area (Å²) in [6.07, 6.45) is 2.73. The van der Waals surface area contributed by atoms with E-state index in [9.17, 15) is 0 Å². The minimum Gasteiger partial charge on any atom is -0.363 e. The summed E-state index contributed by atoms with van der Waals surface area (Å²) in [5.74, 6) is 1.63. The first-order valence-corrected chi connectivity index (χ1v) is 4.71. The fourth-order valence-electron chi connectivity index (χ4n) is 1.35. The van der Waals surface area contributed by atoms with Crippen LogP contribution in [-0.4, -0.2) is 24.3 Å². The van der Waals surface area contributed by atoms with Gasteiger partial charge in [0, 0.05) is 19.0 Å². The van der Waals surface area contributed by atoms with Gasteiger partial charge in [-0.1, -0.05) is 20.8 Å². The summed E-state index contributed by atoms with van der Waals surface area (Å²) < 4.78 is 0. The number of hydrogen-bond donors (Lipinski definition) is 1. The highest BCUT2D eigenvalue weighted by molar-refractivity contribution is 5.84. The lowest BCUT2D eigenvalue weighted by atomic mass is 9.94. The first kappa shape index (κ1) is 9.56. The molecule has 2 heteroatoms. The molecule has 0 saturated heterocycles. The molecule has 1 aliphatic rings. The molecule has 1 rings (SSSR count). The van der Waals surface area contributed by atoms with E-state index in [2.05, 4.69) is 25.7 Å². The molecular formula is C10H20N2. The summed E-state index contributed by atoms with van der Waals surface area (Å²) in [7, 11) is 2.03. The molecule has 0 aromatic carbocycles. The average molecular weight is 168 g/mol. The quantitative estimate of drug-likeness (QED) is 0.497. The third-order valence-electron chi connectivity index (χ3n) is 2.32. The molecule has 0 bridgehead atoms. The predicted molar refractivity (Wildman–Crippen MR) is 52.5 cm³/mol. The molecule has 0 heterocycles. The van der Waals surface area contributed by atoms with Gasteiger partial charge in [-0.3, -0.25) is 5.41 Å². The molecule has 0 atom stereocenters. The van der Waals surface area contributed by atoms with Crippen LogP contribution in [0.15, 0.2) is 0 Å². The summed E-state index contributed by atoms with van der Waals surface area (Å²) >= 11 is 0. The summed E-state index contributed by atoms with van der Waals surface area (Å²) in [5.41, 5.74) is 0.00361. The number of rotatable bonds is 2. The number of amidine groups is 1. The highest BCUT2D eigenvalue weighted by Gasteiger charge is 2.27. The third kappa shape index (κ3) is 2.50. The van der Waals surface area contributed by atoms with E-state index >= 15 is 0 Å². The van der Waals surface area contributed by atoms with Gasteiger partial charge in [0.05, 0.1) is 0 Å². The van der Waals surface area contributed by atoms with Crippen molar-refractivity contribution >= 4 is 5.84 Å². The SMILES string of the molecule is CN(CC1CC1)C(=N)C(C)(C)C. The molecule has 0 spiro atoms. The fourth-order valence-corrected chi connectivity index (χ4v) is 1.35. The van der Waals surface area contributed by atoms with Crippen molar-refractivity contribution in [3.8, 4) is 0 Å². The second-order valence-electron chi connectivity index (χ2n) is 4.92. The topological polar surface area (TPSA) is 27.1 Å². The maximum absolute atomic E-state index is 7.89. The Morgan fingerprint density at radius 1 is 1.42 bits per heavy atom. The second kappa shape index (κ2) is 3.08. The zero-order chi connectivity index (χ0) is 9.35. The largest absolute Gasteiger partial charge is 0.363 e. The van der Waals surface area contributed by atoms with Crippen LogP contribution in [0.2, 0.25) is 0 Å². The molecule has 0 unspecified atom stereocenters. The maximum atomic E-state index is 7.89. The van der Waals surface area contributed by atoms with Crippen molar-refractivity contribution in [2.45, 2.75) is 33.6 Å². The van der Waals surface area contributed by atoms with Crippen LogP contribution in [0.5, 0.6) is 0 Å². The Bertz CT molecular complexity index is 175. The summed E-state index contributed by atoms with van der Waals surface area (Å²) in [6, 6.07) is 0. The van der Waals surface area contributed by atoms with Gasteiger partial charge in [0.1, 0.15) is 5.84 Å². The number of nitrogens with one attached hydrogen (secondary N) is 1. The van der Waals surface area contributed by atoms with Crippen molar-refractivity contribution < 1.29 is 0 Å².